The Kier molecular flexibility index (Phi) is 6.18. The van der Waals surface area contributed by atoms with Gasteiger partial charge >= 0.3 is 0 Å². The Hall–Kier alpha value is -2.35. The maximum Gasteiger partial charge on any atom is 0.262 e. The van der Waals surface area contributed by atoms with Gasteiger partial charge in [0.1, 0.15) is 0 Å². The van der Waals surface area contributed by atoms with Gasteiger partial charge in [-0.2, -0.15) is 0 Å². The molecule has 0 atom stereocenters. The van der Waals surface area contributed by atoms with Gasteiger partial charge in [0.05, 0.1) is 36.4 Å². The standard InChI is InChI=1S/C21H20ClN3O3S/c22-16-6-7-17-18(12-16)23-21(29-14-19(26)24-8-10-28-11-9-24)25(20(17)27)13-15-4-2-1-3-5-15/h1-7,12H,8-11,13-14H2. The van der Waals surface area contributed by atoms with Crippen molar-refractivity contribution >= 4 is 40.2 Å². The van der Waals surface area contributed by atoms with Crippen LogP contribution >= 0.6 is 23.4 Å². The van der Waals surface area contributed by atoms with E-state index in [2.05, 4.69) is 4.98 Å². The molecule has 1 aliphatic heterocycles. The zero-order valence-corrected chi connectivity index (χ0v) is 17.3. The number of rotatable bonds is 5. The highest BCUT2D eigenvalue weighted by molar-refractivity contribution is 7.99. The van der Waals surface area contributed by atoms with Crippen LogP contribution in [0.25, 0.3) is 10.9 Å². The fraction of sp³-hybridized carbons (Fsp3) is 0.286. The fourth-order valence-electron chi connectivity index (χ4n) is 3.22. The minimum absolute atomic E-state index is 0.0185. The number of carbonyl (C=O) groups is 1. The van der Waals surface area contributed by atoms with Gasteiger partial charge in [0.25, 0.3) is 5.56 Å². The first kappa shape index (κ1) is 19.9. The van der Waals surface area contributed by atoms with Gasteiger partial charge in [-0.15, -0.1) is 0 Å². The topological polar surface area (TPSA) is 64.4 Å². The number of aromatic nitrogens is 2. The first-order valence-electron chi connectivity index (χ1n) is 9.34. The summed E-state index contributed by atoms with van der Waals surface area (Å²) in [7, 11) is 0. The Morgan fingerprint density at radius 3 is 2.66 bits per heavy atom. The number of hydrogen-bond donors (Lipinski definition) is 0. The lowest BCUT2D eigenvalue weighted by atomic mass is 10.2. The van der Waals surface area contributed by atoms with Crippen LogP contribution in [0.4, 0.5) is 0 Å². The molecule has 1 fully saturated rings. The molecule has 0 N–H and O–H groups in total. The van der Waals surface area contributed by atoms with Crippen molar-refractivity contribution < 1.29 is 9.53 Å². The molecular weight excluding hydrogens is 410 g/mol. The number of morpholine rings is 1. The van der Waals surface area contributed by atoms with E-state index in [1.54, 1.807) is 27.7 Å². The molecule has 4 rings (SSSR count). The second-order valence-corrected chi connectivity index (χ2v) is 8.09. The van der Waals surface area contributed by atoms with Gasteiger partial charge in [-0.3, -0.25) is 14.2 Å². The van der Waals surface area contributed by atoms with E-state index in [-0.39, 0.29) is 17.2 Å². The van der Waals surface area contributed by atoms with E-state index in [1.165, 1.54) is 11.8 Å². The molecule has 6 nitrogen and oxygen atoms in total. The van der Waals surface area contributed by atoms with E-state index >= 15 is 0 Å². The summed E-state index contributed by atoms with van der Waals surface area (Å²) < 4.78 is 6.93. The van der Waals surface area contributed by atoms with Crippen LogP contribution < -0.4 is 5.56 Å². The molecule has 1 aromatic heterocycles. The summed E-state index contributed by atoms with van der Waals surface area (Å²) in [5, 5.41) is 1.54. The maximum atomic E-state index is 13.2. The molecule has 1 aliphatic rings. The predicted octanol–water partition coefficient (Wildman–Crippen LogP) is 3.05. The average molecular weight is 430 g/mol. The molecule has 2 aromatic carbocycles. The first-order chi connectivity index (χ1) is 14.1. The van der Waals surface area contributed by atoms with Crippen LogP contribution in [0.1, 0.15) is 5.56 Å². The zero-order valence-electron chi connectivity index (χ0n) is 15.7. The summed E-state index contributed by atoms with van der Waals surface area (Å²) in [6.07, 6.45) is 0. The molecule has 29 heavy (non-hydrogen) atoms. The minimum Gasteiger partial charge on any atom is -0.378 e. The fourth-order valence-corrected chi connectivity index (χ4v) is 4.29. The molecule has 3 aromatic rings. The maximum absolute atomic E-state index is 13.2. The van der Waals surface area contributed by atoms with E-state index in [0.717, 1.165) is 5.56 Å². The van der Waals surface area contributed by atoms with Crippen LogP contribution in [-0.2, 0) is 16.1 Å². The number of halogens is 1. The quantitative estimate of drug-likeness (QED) is 0.460. The molecule has 0 aliphatic carbocycles. The lowest BCUT2D eigenvalue weighted by molar-refractivity contribution is -0.132. The number of carbonyl (C=O) groups excluding carboxylic acids is 1. The van der Waals surface area contributed by atoms with E-state index in [1.807, 2.05) is 30.3 Å². The van der Waals surface area contributed by atoms with Crippen molar-refractivity contribution in [1.82, 2.24) is 14.5 Å². The highest BCUT2D eigenvalue weighted by atomic mass is 35.5. The van der Waals surface area contributed by atoms with Gasteiger partial charge in [0.15, 0.2) is 5.16 Å². The number of hydrogen-bond acceptors (Lipinski definition) is 5. The summed E-state index contributed by atoms with van der Waals surface area (Å²) in [6.45, 7) is 2.69. The summed E-state index contributed by atoms with van der Waals surface area (Å²) in [5.41, 5.74) is 1.39. The molecule has 0 saturated carbocycles. The smallest absolute Gasteiger partial charge is 0.262 e. The van der Waals surface area contributed by atoms with E-state index in [4.69, 9.17) is 16.3 Å². The van der Waals surface area contributed by atoms with Gasteiger partial charge in [-0.05, 0) is 23.8 Å². The number of benzene rings is 2. The van der Waals surface area contributed by atoms with Crippen molar-refractivity contribution in [3.05, 3.63) is 69.5 Å². The van der Waals surface area contributed by atoms with Crippen molar-refractivity contribution in [3.63, 3.8) is 0 Å². The lowest BCUT2D eigenvalue weighted by Gasteiger charge is -2.26. The van der Waals surface area contributed by atoms with Gasteiger partial charge in [0.2, 0.25) is 5.91 Å². The van der Waals surface area contributed by atoms with Crippen LogP contribution in [0.15, 0.2) is 58.5 Å². The van der Waals surface area contributed by atoms with Crippen molar-refractivity contribution in [1.29, 1.82) is 0 Å². The molecule has 8 heteroatoms. The highest BCUT2D eigenvalue weighted by Gasteiger charge is 2.19. The SMILES string of the molecule is O=C(CSc1nc2cc(Cl)ccc2c(=O)n1Cc1ccccc1)N1CCOCC1. The molecule has 0 radical (unpaired) electrons. The Morgan fingerprint density at radius 1 is 1.14 bits per heavy atom. The number of ether oxygens (including phenoxy) is 1. The molecule has 150 valence electrons. The van der Waals surface area contributed by atoms with Crippen molar-refractivity contribution in [2.24, 2.45) is 0 Å². The van der Waals surface area contributed by atoms with Crippen molar-refractivity contribution in [3.8, 4) is 0 Å². The first-order valence-corrected chi connectivity index (χ1v) is 10.7. The van der Waals surface area contributed by atoms with Gasteiger partial charge in [0, 0.05) is 18.1 Å². The lowest BCUT2D eigenvalue weighted by Crippen LogP contribution is -2.41. The molecule has 0 bridgehead atoms. The zero-order chi connectivity index (χ0) is 20.2. The van der Waals surface area contributed by atoms with Crippen LogP contribution in [-0.4, -0.2) is 52.4 Å². The van der Waals surface area contributed by atoms with E-state index < -0.39 is 0 Å². The largest absolute Gasteiger partial charge is 0.378 e. The highest BCUT2D eigenvalue weighted by Crippen LogP contribution is 2.22. The number of fused-ring (bicyclic) bond motifs is 1. The van der Waals surface area contributed by atoms with E-state index in [0.29, 0.717) is 53.9 Å². The minimum atomic E-state index is -0.142. The Bertz CT molecular complexity index is 1080. The number of thioether (sulfide) groups is 1. The second kappa shape index (κ2) is 8.98. The second-order valence-electron chi connectivity index (χ2n) is 6.71. The molecule has 1 saturated heterocycles. The predicted molar refractivity (Wildman–Crippen MR) is 115 cm³/mol. The van der Waals surface area contributed by atoms with Crippen LogP contribution in [0.5, 0.6) is 0 Å². The van der Waals surface area contributed by atoms with Gasteiger partial charge < -0.3 is 9.64 Å². The molecule has 0 unspecified atom stereocenters. The van der Waals surface area contributed by atoms with Crippen LogP contribution in [0, 0.1) is 0 Å². The third-order valence-electron chi connectivity index (χ3n) is 4.75. The Labute approximate surface area is 177 Å². The van der Waals surface area contributed by atoms with Crippen LogP contribution in [0.3, 0.4) is 0 Å². The van der Waals surface area contributed by atoms with E-state index in [9.17, 15) is 9.59 Å². The third kappa shape index (κ3) is 4.63. The molecule has 0 spiro atoms. The van der Waals surface area contributed by atoms with Crippen LogP contribution in [0.2, 0.25) is 5.02 Å². The summed E-state index contributed by atoms with van der Waals surface area (Å²) in [5.74, 6) is 0.234. The van der Waals surface area contributed by atoms with Gasteiger partial charge in [-0.1, -0.05) is 53.7 Å². The monoisotopic (exact) mass is 429 g/mol. The molecule has 2 heterocycles. The summed E-state index contributed by atoms with van der Waals surface area (Å²) >= 11 is 7.37. The molecular formula is C21H20ClN3O3S. The third-order valence-corrected chi connectivity index (χ3v) is 5.95. The van der Waals surface area contributed by atoms with Crippen molar-refractivity contribution in [2.45, 2.75) is 11.7 Å². The summed E-state index contributed by atoms with van der Waals surface area (Å²) in [6, 6.07) is 14.8. The average Bonchev–Trinajstić information content (AvgIpc) is 2.75. The number of nitrogens with zero attached hydrogens (tertiary/aromatic N) is 3. The normalized spacial score (nSPS) is 14.3. The number of amides is 1. The molecule has 1 amide bonds. The van der Waals surface area contributed by atoms with Gasteiger partial charge in [-0.25, -0.2) is 4.98 Å². The summed E-state index contributed by atoms with van der Waals surface area (Å²) in [4.78, 5) is 32.2. The Morgan fingerprint density at radius 2 is 1.90 bits per heavy atom. The van der Waals surface area contributed by atoms with Crippen molar-refractivity contribution in [2.75, 3.05) is 32.1 Å². The Balaban J connectivity index is 1.67.